The lowest BCUT2D eigenvalue weighted by molar-refractivity contribution is 0.102. The van der Waals surface area contributed by atoms with E-state index in [0.29, 0.717) is 0 Å². The Morgan fingerprint density at radius 1 is 1.41 bits per heavy atom. The number of hydrogen-bond donors (Lipinski definition) is 2. The van der Waals surface area contributed by atoms with Crippen LogP contribution in [0, 0.1) is 0 Å². The van der Waals surface area contributed by atoms with Crippen molar-refractivity contribution in [3.8, 4) is 0 Å². The van der Waals surface area contributed by atoms with Gasteiger partial charge in [-0.15, -0.1) is 0 Å². The molecule has 0 aliphatic carbocycles. The first-order valence-corrected chi connectivity index (χ1v) is 6.36. The van der Waals surface area contributed by atoms with E-state index in [1.165, 1.54) is 5.56 Å². The molecule has 0 spiro atoms. The Balaban J connectivity index is 1.76. The van der Waals surface area contributed by atoms with Gasteiger partial charge in [0, 0.05) is 50.4 Å². The van der Waals surface area contributed by atoms with Crippen molar-refractivity contribution >= 4 is 0 Å². The Hall–Kier alpha value is -0.840. The third-order valence-corrected chi connectivity index (χ3v) is 3.44. The highest BCUT2D eigenvalue weighted by Crippen LogP contribution is 2.14. The van der Waals surface area contributed by atoms with E-state index in [4.69, 9.17) is 4.42 Å². The van der Waals surface area contributed by atoms with Crippen LogP contribution in [0.1, 0.15) is 19.4 Å². The van der Waals surface area contributed by atoms with Crippen molar-refractivity contribution in [2.24, 2.45) is 0 Å². The number of piperazine rings is 1. The van der Waals surface area contributed by atoms with Crippen molar-refractivity contribution in [2.45, 2.75) is 25.9 Å². The van der Waals surface area contributed by atoms with E-state index < -0.39 is 0 Å². The predicted molar refractivity (Wildman–Crippen MR) is 68.9 cm³/mol. The van der Waals surface area contributed by atoms with Crippen LogP contribution in [0.4, 0.5) is 0 Å². The van der Waals surface area contributed by atoms with E-state index >= 15 is 0 Å². The van der Waals surface area contributed by atoms with E-state index in [1.807, 2.05) is 6.07 Å². The first-order valence-electron chi connectivity index (χ1n) is 6.36. The SMILES string of the molecule is CC(C)(CNCc1ccoc1)N1CCNCC1. The zero-order chi connectivity index (χ0) is 12.1. The molecule has 0 bridgehead atoms. The van der Waals surface area contributed by atoms with Gasteiger partial charge < -0.3 is 15.1 Å². The fourth-order valence-corrected chi connectivity index (χ4v) is 2.29. The Labute approximate surface area is 103 Å². The fraction of sp³-hybridized carbons (Fsp3) is 0.692. The highest BCUT2D eigenvalue weighted by molar-refractivity contribution is 5.04. The van der Waals surface area contributed by atoms with Gasteiger partial charge in [0.1, 0.15) is 0 Å². The molecule has 1 saturated heterocycles. The van der Waals surface area contributed by atoms with Crippen molar-refractivity contribution in [3.05, 3.63) is 24.2 Å². The van der Waals surface area contributed by atoms with Gasteiger partial charge in [-0.3, -0.25) is 4.90 Å². The molecule has 4 nitrogen and oxygen atoms in total. The van der Waals surface area contributed by atoms with E-state index in [-0.39, 0.29) is 5.54 Å². The molecule has 1 fully saturated rings. The van der Waals surface area contributed by atoms with Crippen molar-refractivity contribution < 1.29 is 4.42 Å². The van der Waals surface area contributed by atoms with Crippen LogP contribution in [0.3, 0.4) is 0 Å². The normalized spacial score (nSPS) is 18.5. The van der Waals surface area contributed by atoms with Gasteiger partial charge in [-0.25, -0.2) is 0 Å². The quantitative estimate of drug-likeness (QED) is 0.803. The van der Waals surface area contributed by atoms with Gasteiger partial charge in [0.25, 0.3) is 0 Å². The van der Waals surface area contributed by atoms with Gasteiger partial charge in [-0.1, -0.05) is 0 Å². The van der Waals surface area contributed by atoms with Crippen molar-refractivity contribution in [2.75, 3.05) is 32.7 Å². The van der Waals surface area contributed by atoms with Crippen molar-refractivity contribution in [3.63, 3.8) is 0 Å². The van der Waals surface area contributed by atoms with Crippen LogP contribution in [0.25, 0.3) is 0 Å². The highest BCUT2D eigenvalue weighted by atomic mass is 16.3. The van der Waals surface area contributed by atoms with Gasteiger partial charge >= 0.3 is 0 Å². The minimum atomic E-state index is 0.214. The van der Waals surface area contributed by atoms with Gasteiger partial charge in [-0.2, -0.15) is 0 Å². The number of nitrogens with zero attached hydrogens (tertiary/aromatic N) is 1. The third kappa shape index (κ3) is 3.56. The molecule has 0 atom stereocenters. The van der Waals surface area contributed by atoms with E-state index in [9.17, 15) is 0 Å². The fourth-order valence-electron chi connectivity index (χ4n) is 2.29. The maximum atomic E-state index is 5.05. The Bertz CT molecular complexity index is 315. The molecule has 0 amide bonds. The maximum Gasteiger partial charge on any atom is 0.0947 e. The van der Waals surface area contributed by atoms with Crippen LogP contribution < -0.4 is 10.6 Å². The monoisotopic (exact) mass is 237 g/mol. The van der Waals surface area contributed by atoms with E-state index in [0.717, 1.165) is 39.3 Å². The average molecular weight is 237 g/mol. The molecule has 0 unspecified atom stereocenters. The molecule has 0 saturated carbocycles. The summed E-state index contributed by atoms with van der Waals surface area (Å²) >= 11 is 0. The van der Waals surface area contributed by atoms with Crippen molar-refractivity contribution in [1.29, 1.82) is 0 Å². The largest absolute Gasteiger partial charge is 0.472 e. The summed E-state index contributed by atoms with van der Waals surface area (Å²) in [6, 6.07) is 2.00. The Kier molecular flexibility index (Phi) is 4.20. The van der Waals surface area contributed by atoms with Gasteiger partial charge in [0.05, 0.1) is 12.5 Å². The summed E-state index contributed by atoms with van der Waals surface area (Å²) in [5.74, 6) is 0. The second-order valence-electron chi connectivity index (χ2n) is 5.28. The minimum absolute atomic E-state index is 0.214. The van der Waals surface area contributed by atoms with Crippen LogP contribution in [-0.2, 0) is 6.54 Å². The highest BCUT2D eigenvalue weighted by Gasteiger charge is 2.27. The second-order valence-corrected chi connectivity index (χ2v) is 5.28. The second kappa shape index (κ2) is 5.67. The minimum Gasteiger partial charge on any atom is -0.472 e. The molecule has 2 rings (SSSR count). The van der Waals surface area contributed by atoms with E-state index in [1.54, 1.807) is 12.5 Å². The van der Waals surface area contributed by atoms with Gasteiger partial charge in [0.15, 0.2) is 0 Å². The molecule has 0 radical (unpaired) electrons. The van der Waals surface area contributed by atoms with Gasteiger partial charge in [0.2, 0.25) is 0 Å². The average Bonchev–Trinajstić information content (AvgIpc) is 2.83. The summed E-state index contributed by atoms with van der Waals surface area (Å²) < 4.78 is 5.05. The lowest BCUT2D eigenvalue weighted by atomic mass is 10.0. The first kappa shape index (κ1) is 12.6. The van der Waals surface area contributed by atoms with Crippen LogP contribution >= 0.6 is 0 Å². The lowest BCUT2D eigenvalue weighted by Crippen LogP contribution is -2.57. The number of furan rings is 1. The van der Waals surface area contributed by atoms with Crippen molar-refractivity contribution in [1.82, 2.24) is 15.5 Å². The summed E-state index contributed by atoms with van der Waals surface area (Å²) in [6.45, 7) is 11.0. The first-order chi connectivity index (χ1) is 8.18. The molecule has 17 heavy (non-hydrogen) atoms. The molecule has 2 N–H and O–H groups in total. The molecule has 96 valence electrons. The molecule has 1 aliphatic rings. The molecule has 2 heterocycles. The molecule has 4 heteroatoms. The van der Waals surface area contributed by atoms with Gasteiger partial charge in [-0.05, 0) is 19.9 Å². The summed E-state index contributed by atoms with van der Waals surface area (Å²) in [5, 5.41) is 6.89. The summed E-state index contributed by atoms with van der Waals surface area (Å²) in [6.07, 6.45) is 3.52. The van der Waals surface area contributed by atoms with Crippen LogP contribution in [0.15, 0.2) is 23.0 Å². The molecule has 0 aromatic carbocycles. The third-order valence-electron chi connectivity index (χ3n) is 3.44. The smallest absolute Gasteiger partial charge is 0.0947 e. The predicted octanol–water partition coefficient (Wildman–Crippen LogP) is 1.05. The maximum absolute atomic E-state index is 5.05. The van der Waals surface area contributed by atoms with E-state index in [2.05, 4.69) is 29.4 Å². The number of nitrogens with one attached hydrogen (secondary N) is 2. The van der Waals surface area contributed by atoms with Crippen LogP contribution in [0.5, 0.6) is 0 Å². The number of hydrogen-bond acceptors (Lipinski definition) is 4. The summed E-state index contributed by atoms with van der Waals surface area (Å²) in [5.41, 5.74) is 1.42. The molecular weight excluding hydrogens is 214 g/mol. The molecule has 1 aromatic heterocycles. The lowest BCUT2D eigenvalue weighted by Gasteiger charge is -2.41. The summed E-state index contributed by atoms with van der Waals surface area (Å²) in [4.78, 5) is 2.55. The molecule has 1 aromatic rings. The van der Waals surface area contributed by atoms with Crippen LogP contribution in [-0.4, -0.2) is 43.2 Å². The summed E-state index contributed by atoms with van der Waals surface area (Å²) in [7, 11) is 0. The Morgan fingerprint density at radius 2 is 2.18 bits per heavy atom. The zero-order valence-corrected chi connectivity index (χ0v) is 10.8. The zero-order valence-electron chi connectivity index (χ0n) is 10.8. The topological polar surface area (TPSA) is 40.4 Å². The Morgan fingerprint density at radius 3 is 2.82 bits per heavy atom. The van der Waals surface area contributed by atoms with Crippen LogP contribution in [0.2, 0.25) is 0 Å². The number of rotatable bonds is 5. The molecule has 1 aliphatic heterocycles. The standard InChI is InChI=1S/C13H23N3O/c1-13(2,16-6-4-14-5-7-16)11-15-9-12-3-8-17-10-12/h3,8,10,14-15H,4-7,9,11H2,1-2H3. The molecular formula is C13H23N3O.